The minimum Gasteiger partial charge on any atom is -0.291 e. The number of nitrogens with zero attached hydrogens (tertiary/aromatic N) is 4. The van der Waals surface area contributed by atoms with Gasteiger partial charge in [0.2, 0.25) is 0 Å². The lowest BCUT2D eigenvalue weighted by Gasteiger charge is -2.36. The number of aryl methyl sites for hydroxylation is 1. The molecule has 1 saturated heterocycles. The Morgan fingerprint density at radius 3 is 2.79 bits per heavy atom. The van der Waals surface area contributed by atoms with Crippen molar-refractivity contribution in [3.05, 3.63) is 11.6 Å². The largest absolute Gasteiger partial charge is 0.291 e. The van der Waals surface area contributed by atoms with Crippen LogP contribution in [0, 0.1) is 5.92 Å². The quantitative estimate of drug-likeness (QED) is 0.822. The fraction of sp³-hybridized carbons (Fsp3) is 0.867. The van der Waals surface area contributed by atoms with Crippen molar-refractivity contribution in [1.29, 1.82) is 0 Å². The van der Waals surface area contributed by atoms with Crippen LogP contribution in [0.4, 0.5) is 0 Å². The van der Waals surface area contributed by atoms with E-state index in [9.17, 15) is 0 Å². The van der Waals surface area contributed by atoms with Gasteiger partial charge in [-0.1, -0.05) is 13.3 Å². The fourth-order valence-electron chi connectivity index (χ4n) is 3.47. The summed E-state index contributed by atoms with van der Waals surface area (Å²) in [7, 11) is 0. The van der Waals surface area contributed by atoms with Crippen LogP contribution >= 0.6 is 0 Å². The SMILES string of the molecule is CC1CCn2nc(C3CCCCN3C(C)C)nc2C1. The summed E-state index contributed by atoms with van der Waals surface area (Å²) in [5.41, 5.74) is 0. The molecular weight excluding hydrogens is 236 g/mol. The van der Waals surface area contributed by atoms with Gasteiger partial charge in [-0.3, -0.25) is 4.90 Å². The van der Waals surface area contributed by atoms with Crippen molar-refractivity contribution in [2.45, 2.75) is 71.5 Å². The first kappa shape index (κ1) is 13.1. The molecule has 2 unspecified atom stereocenters. The third-order valence-corrected chi connectivity index (χ3v) is 4.63. The molecule has 0 aliphatic carbocycles. The number of likely N-dealkylation sites (tertiary alicyclic amines) is 1. The molecule has 0 N–H and O–H groups in total. The van der Waals surface area contributed by atoms with Crippen LogP contribution in [0.2, 0.25) is 0 Å². The zero-order valence-corrected chi connectivity index (χ0v) is 12.5. The van der Waals surface area contributed by atoms with Gasteiger partial charge in [0.1, 0.15) is 5.82 Å². The Bertz CT molecular complexity index is 437. The second-order valence-corrected chi connectivity index (χ2v) is 6.55. The van der Waals surface area contributed by atoms with Crippen molar-refractivity contribution in [2.75, 3.05) is 6.54 Å². The van der Waals surface area contributed by atoms with E-state index in [4.69, 9.17) is 10.1 Å². The molecule has 106 valence electrons. The normalized spacial score (nSPS) is 28.6. The topological polar surface area (TPSA) is 34.0 Å². The first-order valence-electron chi connectivity index (χ1n) is 7.84. The number of hydrogen-bond donors (Lipinski definition) is 0. The van der Waals surface area contributed by atoms with Gasteiger partial charge in [0.25, 0.3) is 0 Å². The molecule has 0 bridgehead atoms. The van der Waals surface area contributed by atoms with Crippen LogP contribution in [0.25, 0.3) is 0 Å². The molecule has 19 heavy (non-hydrogen) atoms. The van der Waals surface area contributed by atoms with Gasteiger partial charge < -0.3 is 0 Å². The number of fused-ring (bicyclic) bond motifs is 1. The van der Waals surface area contributed by atoms with Crippen LogP contribution in [0.5, 0.6) is 0 Å². The molecule has 0 spiro atoms. The summed E-state index contributed by atoms with van der Waals surface area (Å²) in [5.74, 6) is 3.05. The summed E-state index contributed by atoms with van der Waals surface area (Å²) < 4.78 is 2.16. The second-order valence-electron chi connectivity index (χ2n) is 6.55. The predicted molar refractivity (Wildman–Crippen MR) is 75.9 cm³/mol. The molecule has 0 amide bonds. The monoisotopic (exact) mass is 262 g/mol. The van der Waals surface area contributed by atoms with Crippen molar-refractivity contribution in [1.82, 2.24) is 19.7 Å². The molecule has 0 aromatic carbocycles. The Hall–Kier alpha value is -0.900. The van der Waals surface area contributed by atoms with Crippen molar-refractivity contribution >= 4 is 0 Å². The molecule has 2 aliphatic heterocycles. The smallest absolute Gasteiger partial charge is 0.168 e. The van der Waals surface area contributed by atoms with Crippen LogP contribution in [0.1, 0.15) is 64.1 Å². The lowest BCUT2D eigenvalue weighted by atomic mass is 9.99. The van der Waals surface area contributed by atoms with Gasteiger partial charge in [-0.05, 0) is 45.6 Å². The highest BCUT2D eigenvalue weighted by molar-refractivity contribution is 5.03. The van der Waals surface area contributed by atoms with Crippen LogP contribution in [0.15, 0.2) is 0 Å². The van der Waals surface area contributed by atoms with Crippen LogP contribution in [-0.4, -0.2) is 32.3 Å². The highest BCUT2D eigenvalue weighted by Gasteiger charge is 2.30. The van der Waals surface area contributed by atoms with E-state index in [1.54, 1.807) is 0 Å². The molecule has 1 aromatic heterocycles. The lowest BCUT2D eigenvalue weighted by molar-refractivity contribution is 0.106. The first-order valence-corrected chi connectivity index (χ1v) is 7.84. The lowest BCUT2D eigenvalue weighted by Crippen LogP contribution is -2.39. The molecule has 1 aromatic rings. The van der Waals surface area contributed by atoms with E-state index in [0.717, 1.165) is 24.7 Å². The Balaban J connectivity index is 1.84. The zero-order valence-electron chi connectivity index (χ0n) is 12.5. The number of piperidine rings is 1. The van der Waals surface area contributed by atoms with Crippen LogP contribution < -0.4 is 0 Å². The summed E-state index contributed by atoms with van der Waals surface area (Å²) in [4.78, 5) is 7.45. The molecule has 0 saturated carbocycles. The number of hydrogen-bond acceptors (Lipinski definition) is 3. The maximum absolute atomic E-state index is 4.87. The summed E-state index contributed by atoms with van der Waals surface area (Å²) in [6.45, 7) is 9.15. The van der Waals surface area contributed by atoms with Crippen molar-refractivity contribution in [3.63, 3.8) is 0 Å². The molecule has 0 radical (unpaired) electrons. The van der Waals surface area contributed by atoms with E-state index in [1.807, 2.05) is 0 Å². The third-order valence-electron chi connectivity index (χ3n) is 4.63. The van der Waals surface area contributed by atoms with Crippen molar-refractivity contribution in [3.8, 4) is 0 Å². The van der Waals surface area contributed by atoms with E-state index < -0.39 is 0 Å². The molecule has 2 aliphatic rings. The number of rotatable bonds is 2. The van der Waals surface area contributed by atoms with E-state index in [1.165, 1.54) is 38.1 Å². The number of aromatic nitrogens is 3. The van der Waals surface area contributed by atoms with Crippen LogP contribution in [0.3, 0.4) is 0 Å². The zero-order chi connectivity index (χ0) is 13.4. The average molecular weight is 262 g/mol. The van der Waals surface area contributed by atoms with E-state index >= 15 is 0 Å². The standard InChI is InChI=1S/C15H26N4/c1-11(2)18-8-5-4-6-13(18)15-16-14-10-12(3)7-9-19(14)17-15/h11-13H,4-10H2,1-3H3. The highest BCUT2D eigenvalue weighted by atomic mass is 15.4. The van der Waals surface area contributed by atoms with E-state index in [0.29, 0.717) is 12.1 Å². The van der Waals surface area contributed by atoms with Gasteiger partial charge in [-0.15, -0.1) is 0 Å². The second kappa shape index (κ2) is 5.23. The van der Waals surface area contributed by atoms with E-state index in [2.05, 4.69) is 30.4 Å². The van der Waals surface area contributed by atoms with Gasteiger partial charge in [-0.2, -0.15) is 5.10 Å². The summed E-state index contributed by atoms with van der Waals surface area (Å²) in [6, 6.07) is 1.03. The Kier molecular flexibility index (Phi) is 3.61. The highest BCUT2D eigenvalue weighted by Crippen LogP contribution is 2.31. The van der Waals surface area contributed by atoms with Gasteiger partial charge in [0, 0.05) is 19.0 Å². The van der Waals surface area contributed by atoms with Gasteiger partial charge in [0.05, 0.1) is 6.04 Å². The minimum atomic E-state index is 0.446. The van der Waals surface area contributed by atoms with Gasteiger partial charge in [-0.25, -0.2) is 9.67 Å². The summed E-state index contributed by atoms with van der Waals surface area (Å²) in [6.07, 6.45) is 6.19. The summed E-state index contributed by atoms with van der Waals surface area (Å²) in [5, 5.41) is 4.81. The average Bonchev–Trinajstić information content (AvgIpc) is 2.81. The Morgan fingerprint density at radius 2 is 2.00 bits per heavy atom. The predicted octanol–water partition coefficient (Wildman–Crippen LogP) is 2.80. The molecule has 4 heteroatoms. The minimum absolute atomic E-state index is 0.446. The Morgan fingerprint density at radius 1 is 1.16 bits per heavy atom. The summed E-state index contributed by atoms with van der Waals surface area (Å²) >= 11 is 0. The maximum Gasteiger partial charge on any atom is 0.168 e. The Labute approximate surface area is 116 Å². The fourth-order valence-corrected chi connectivity index (χ4v) is 3.47. The van der Waals surface area contributed by atoms with Gasteiger partial charge >= 0.3 is 0 Å². The molecule has 1 fully saturated rings. The van der Waals surface area contributed by atoms with Gasteiger partial charge in [0.15, 0.2) is 5.82 Å². The van der Waals surface area contributed by atoms with Crippen molar-refractivity contribution < 1.29 is 0 Å². The molecule has 2 atom stereocenters. The third kappa shape index (κ3) is 2.55. The van der Waals surface area contributed by atoms with Crippen LogP contribution in [-0.2, 0) is 13.0 Å². The van der Waals surface area contributed by atoms with Crippen molar-refractivity contribution in [2.24, 2.45) is 5.92 Å². The molecular formula is C15H26N4. The van der Waals surface area contributed by atoms with E-state index in [-0.39, 0.29) is 0 Å². The first-order chi connectivity index (χ1) is 9.15. The molecule has 3 heterocycles. The molecule has 3 rings (SSSR count). The maximum atomic E-state index is 4.87. The molecule has 4 nitrogen and oxygen atoms in total.